The number of carbonyl (C=O) groups is 1. The van der Waals surface area contributed by atoms with Crippen molar-refractivity contribution in [2.45, 2.75) is 19.9 Å². The second-order valence-corrected chi connectivity index (χ2v) is 6.51. The summed E-state index contributed by atoms with van der Waals surface area (Å²) >= 11 is 12.0. The van der Waals surface area contributed by atoms with Crippen molar-refractivity contribution in [3.05, 3.63) is 67.7 Å². The quantitative estimate of drug-likeness (QED) is 0.591. The Kier molecular flexibility index (Phi) is 6.36. The van der Waals surface area contributed by atoms with Gasteiger partial charge in [-0.05, 0) is 31.5 Å². The SMILES string of the molecule is Cc1cccc([N+](=O)[O-])c1NC(=O)C[NH2+][C@@H](C)c1ccc(Cl)cc1Cl. The molecule has 0 heterocycles. The first-order valence-corrected chi connectivity index (χ1v) is 8.37. The lowest BCUT2D eigenvalue weighted by atomic mass is 10.1. The summed E-state index contributed by atoms with van der Waals surface area (Å²) in [5.41, 5.74) is 1.60. The molecule has 0 unspecified atom stereocenters. The van der Waals surface area contributed by atoms with E-state index in [1.807, 2.05) is 13.0 Å². The van der Waals surface area contributed by atoms with Crippen molar-refractivity contribution in [2.24, 2.45) is 0 Å². The lowest BCUT2D eigenvalue weighted by molar-refractivity contribution is -0.682. The number of amides is 1. The van der Waals surface area contributed by atoms with Crippen molar-refractivity contribution in [3.63, 3.8) is 0 Å². The molecule has 0 saturated heterocycles. The molecule has 0 saturated carbocycles. The number of nitrogens with two attached hydrogens (primary N) is 1. The van der Waals surface area contributed by atoms with E-state index in [9.17, 15) is 14.9 Å². The molecule has 2 aromatic rings. The van der Waals surface area contributed by atoms with Gasteiger partial charge in [-0.2, -0.15) is 0 Å². The highest BCUT2D eigenvalue weighted by Gasteiger charge is 2.20. The first-order valence-electron chi connectivity index (χ1n) is 7.61. The summed E-state index contributed by atoms with van der Waals surface area (Å²) in [6, 6.07) is 9.80. The fourth-order valence-corrected chi connectivity index (χ4v) is 3.02. The molecule has 25 heavy (non-hydrogen) atoms. The lowest BCUT2D eigenvalue weighted by Crippen LogP contribution is -2.86. The molecule has 0 aliphatic carbocycles. The summed E-state index contributed by atoms with van der Waals surface area (Å²) in [7, 11) is 0. The number of carbonyl (C=O) groups excluding carboxylic acids is 1. The average Bonchev–Trinajstić information content (AvgIpc) is 2.54. The summed E-state index contributed by atoms with van der Waals surface area (Å²) in [6.07, 6.45) is 0. The number of hydrogen-bond donors (Lipinski definition) is 2. The van der Waals surface area contributed by atoms with Crippen molar-refractivity contribution >= 4 is 40.5 Å². The molecule has 6 nitrogen and oxygen atoms in total. The van der Waals surface area contributed by atoms with Gasteiger partial charge in [-0.1, -0.05) is 41.4 Å². The summed E-state index contributed by atoms with van der Waals surface area (Å²) in [5, 5.41) is 16.6. The summed E-state index contributed by atoms with van der Waals surface area (Å²) in [5.74, 6) is -0.325. The summed E-state index contributed by atoms with van der Waals surface area (Å²) in [6.45, 7) is 3.73. The molecular weight excluding hydrogens is 365 g/mol. The number of nitrogens with one attached hydrogen (secondary N) is 1. The molecule has 2 rings (SSSR count). The molecule has 0 radical (unpaired) electrons. The molecule has 0 aromatic heterocycles. The highest BCUT2D eigenvalue weighted by atomic mass is 35.5. The Balaban J connectivity index is 2.03. The third kappa shape index (κ3) is 4.92. The van der Waals surface area contributed by atoms with Gasteiger partial charge in [0.2, 0.25) is 0 Å². The Morgan fingerprint density at radius 1 is 1.32 bits per heavy atom. The van der Waals surface area contributed by atoms with Crippen LogP contribution in [0.3, 0.4) is 0 Å². The van der Waals surface area contributed by atoms with E-state index in [0.29, 0.717) is 15.6 Å². The Labute approximate surface area is 155 Å². The predicted octanol–water partition coefficient (Wildman–Crippen LogP) is 3.47. The minimum absolute atomic E-state index is 0.0672. The smallest absolute Gasteiger partial charge is 0.293 e. The third-order valence-electron chi connectivity index (χ3n) is 3.82. The number of aryl methyl sites for hydroxylation is 1. The second-order valence-electron chi connectivity index (χ2n) is 5.67. The maximum atomic E-state index is 12.2. The molecule has 0 aliphatic heterocycles. The number of nitro benzene ring substituents is 1. The van der Waals surface area contributed by atoms with Crippen molar-refractivity contribution in [1.29, 1.82) is 0 Å². The fraction of sp³-hybridized carbons (Fsp3) is 0.235. The topological polar surface area (TPSA) is 88.9 Å². The van der Waals surface area contributed by atoms with Gasteiger partial charge in [-0.3, -0.25) is 14.9 Å². The first kappa shape index (κ1) is 19.2. The predicted molar refractivity (Wildman–Crippen MR) is 98.1 cm³/mol. The number of rotatable bonds is 6. The molecule has 132 valence electrons. The Morgan fingerprint density at radius 3 is 2.68 bits per heavy atom. The van der Waals surface area contributed by atoms with E-state index in [1.54, 1.807) is 36.5 Å². The molecule has 8 heteroatoms. The minimum atomic E-state index is -0.511. The minimum Gasteiger partial charge on any atom is -0.332 e. The van der Waals surface area contributed by atoms with Crippen LogP contribution in [0.4, 0.5) is 11.4 Å². The molecule has 0 fully saturated rings. The van der Waals surface area contributed by atoms with Crippen molar-refractivity contribution in [2.75, 3.05) is 11.9 Å². The van der Waals surface area contributed by atoms with Gasteiger partial charge in [0.15, 0.2) is 6.54 Å². The van der Waals surface area contributed by atoms with Crippen LogP contribution in [0.15, 0.2) is 36.4 Å². The molecule has 2 aromatic carbocycles. The van der Waals surface area contributed by atoms with Gasteiger partial charge < -0.3 is 10.6 Å². The van der Waals surface area contributed by atoms with Crippen LogP contribution in [0.1, 0.15) is 24.1 Å². The molecule has 1 amide bonds. The number of nitro groups is 1. The zero-order chi connectivity index (χ0) is 18.6. The third-order valence-corrected chi connectivity index (χ3v) is 4.38. The van der Waals surface area contributed by atoms with Crippen LogP contribution in [0.5, 0.6) is 0 Å². The standard InChI is InChI=1S/C17H17Cl2N3O3/c1-10-4-3-5-15(22(24)25)17(10)21-16(23)9-20-11(2)13-7-6-12(18)8-14(13)19/h3-8,11,20H,9H2,1-2H3,(H,21,23)/p+1/t11-/m0/s1. The monoisotopic (exact) mass is 382 g/mol. The van der Waals surface area contributed by atoms with Gasteiger partial charge >= 0.3 is 0 Å². The van der Waals surface area contributed by atoms with Crippen LogP contribution in [-0.2, 0) is 4.79 Å². The van der Waals surface area contributed by atoms with E-state index in [-0.39, 0.29) is 29.9 Å². The first-order chi connectivity index (χ1) is 11.8. The Morgan fingerprint density at radius 2 is 2.04 bits per heavy atom. The summed E-state index contributed by atoms with van der Waals surface area (Å²) in [4.78, 5) is 22.8. The Bertz CT molecular complexity index is 812. The van der Waals surface area contributed by atoms with Gasteiger partial charge in [-0.15, -0.1) is 0 Å². The van der Waals surface area contributed by atoms with Crippen molar-refractivity contribution in [3.8, 4) is 0 Å². The average molecular weight is 383 g/mol. The van der Waals surface area contributed by atoms with Crippen LogP contribution in [0, 0.1) is 17.0 Å². The zero-order valence-electron chi connectivity index (χ0n) is 13.8. The van der Waals surface area contributed by atoms with E-state index in [2.05, 4.69) is 5.32 Å². The summed E-state index contributed by atoms with van der Waals surface area (Å²) < 4.78 is 0. The normalized spacial score (nSPS) is 11.8. The number of halogens is 2. The number of hydrogen-bond acceptors (Lipinski definition) is 3. The maximum Gasteiger partial charge on any atom is 0.293 e. The molecule has 0 spiro atoms. The molecular formula is C17H18Cl2N3O3+. The molecule has 0 bridgehead atoms. The number of benzene rings is 2. The number of nitrogens with zero attached hydrogens (tertiary/aromatic N) is 1. The Hall–Kier alpha value is -2.15. The number of para-hydroxylation sites is 1. The number of anilines is 1. The maximum absolute atomic E-state index is 12.2. The van der Waals surface area contributed by atoms with Gasteiger partial charge in [0, 0.05) is 16.7 Å². The van der Waals surface area contributed by atoms with E-state index < -0.39 is 4.92 Å². The van der Waals surface area contributed by atoms with Crippen LogP contribution < -0.4 is 10.6 Å². The van der Waals surface area contributed by atoms with Gasteiger partial charge in [0.1, 0.15) is 11.7 Å². The van der Waals surface area contributed by atoms with Crippen LogP contribution in [-0.4, -0.2) is 17.4 Å². The van der Waals surface area contributed by atoms with Crippen LogP contribution >= 0.6 is 23.2 Å². The van der Waals surface area contributed by atoms with E-state index in [4.69, 9.17) is 23.2 Å². The van der Waals surface area contributed by atoms with E-state index in [0.717, 1.165) is 5.56 Å². The highest BCUT2D eigenvalue weighted by molar-refractivity contribution is 6.35. The lowest BCUT2D eigenvalue weighted by Gasteiger charge is -2.13. The molecule has 3 N–H and O–H groups in total. The van der Waals surface area contributed by atoms with Crippen LogP contribution in [0.25, 0.3) is 0 Å². The van der Waals surface area contributed by atoms with Gasteiger partial charge in [0.05, 0.1) is 9.95 Å². The largest absolute Gasteiger partial charge is 0.332 e. The fourth-order valence-electron chi connectivity index (χ4n) is 2.44. The van der Waals surface area contributed by atoms with Crippen molar-refractivity contribution < 1.29 is 15.0 Å². The van der Waals surface area contributed by atoms with E-state index >= 15 is 0 Å². The van der Waals surface area contributed by atoms with E-state index in [1.165, 1.54) is 6.07 Å². The highest BCUT2D eigenvalue weighted by Crippen LogP contribution is 2.27. The van der Waals surface area contributed by atoms with Crippen molar-refractivity contribution in [1.82, 2.24) is 0 Å². The van der Waals surface area contributed by atoms with Crippen LogP contribution in [0.2, 0.25) is 10.0 Å². The number of quaternary nitrogens is 1. The van der Waals surface area contributed by atoms with Gasteiger partial charge in [-0.25, -0.2) is 0 Å². The molecule has 1 atom stereocenters. The molecule has 0 aliphatic rings. The zero-order valence-corrected chi connectivity index (χ0v) is 15.3. The second kappa shape index (κ2) is 8.29. The van der Waals surface area contributed by atoms with Gasteiger partial charge in [0.25, 0.3) is 11.6 Å².